The monoisotopic (exact) mass is 318 g/mol. The molecular formula is C11H15BrN2O2S. The van der Waals surface area contributed by atoms with E-state index in [4.69, 9.17) is 0 Å². The first-order valence-electron chi connectivity index (χ1n) is 5.57. The molecule has 17 heavy (non-hydrogen) atoms. The molecule has 94 valence electrons. The zero-order chi connectivity index (χ0) is 12.3. The van der Waals surface area contributed by atoms with Crippen LogP contribution in [-0.4, -0.2) is 27.5 Å². The van der Waals surface area contributed by atoms with E-state index in [1.165, 1.54) is 0 Å². The molecule has 1 atom stereocenters. The van der Waals surface area contributed by atoms with Crippen molar-refractivity contribution < 1.29 is 8.42 Å². The van der Waals surface area contributed by atoms with Crippen LogP contribution in [0.4, 0.5) is 0 Å². The van der Waals surface area contributed by atoms with Gasteiger partial charge in [0.25, 0.3) is 0 Å². The molecule has 0 bridgehead atoms. The van der Waals surface area contributed by atoms with Gasteiger partial charge in [-0.1, -0.05) is 12.1 Å². The van der Waals surface area contributed by atoms with E-state index in [-0.39, 0.29) is 6.04 Å². The van der Waals surface area contributed by atoms with Crippen molar-refractivity contribution in [3.63, 3.8) is 0 Å². The molecule has 0 saturated carbocycles. The predicted molar refractivity (Wildman–Crippen MR) is 70.4 cm³/mol. The van der Waals surface area contributed by atoms with E-state index in [0.29, 0.717) is 15.9 Å². The highest BCUT2D eigenvalue weighted by molar-refractivity contribution is 9.10. The van der Waals surface area contributed by atoms with Gasteiger partial charge in [0.15, 0.2) is 0 Å². The van der Waals surface area contributed by atoms with Gasteiger partial charge >= 0.3 is 0 Å². The van der Waals surface area contributed by atoms with Gasteiger partial charge in [0.1, 0.15) is 0 Å². The summed E-state index contributed by atoms with van der Waals surface area (Å²) in [6.07, 6.45) is 1.89. The van der Waals surface area contributed by atoms with E-state index in [1.54, 1.807) is 24.3 Å². The Balaban J connectivity index is 2.16. The third kappa shape index (κ3) is 3.28. The average Bonchev–Trinajstić information content (AvgIpc) is 2.30. The molecule has 0 spiro atoms. The highest BCUT2D eigenvalue weighted by Gasteiger charge is 2.22. The molecule has 1 saturated heterocycles. The molecule has 2 N–H and O–H groups in total. The van der Waals surface area contributed by atoms with Crippen LogP contribution in [0, 0.1) is 0 Å². The minimum Gasteiger partial charge on any atom is -0.315 e. The third-order valence-electron chi connectivity index (χ3n) is 2.74. The van der Waals surface area contributed by atoms with Crippen molar-refractivity contribution in [2.45, 2.75) is 23.8 Å². The van der Waals surface area contributed by atoms with Gasteiger partial charge in [0.05, 0.1) is 4.90 Å². The Labute approximate surface area is 110 Å². The van der Waals surface area contributed by atoms with Crippen LogP contribution in [-0.2, 0) is 10.0 Å². The van der Waals surface area contributed by atoms with Crippen molar-refractivity contribution in [3.05, 3.63) is 28.7 Å². The number of nitrogens with one attached hydrogen (secondary N) is 2. The molecule has 1 heterocycles. The number of rotatable bonds is 3. The zero-order valence-electron chi connectivity index (χ0n) is 9.32. The molecule has 1 aliphatic heterocycles. The van der Waals surface area contributed by atoms with E-state index < -0.39 is 10.0 Å². The van der Waals surface area contributed by atoms with E-state index in [9.17, 15) is 8.42 Å². The fourth-order valence-corrected chi connectivity index (χ4v) is 4.17. The Morgan fingerprint density at radius 1 is 1.35 bits per heavy atom. The van der Waals surface area contributed by atoms with Gasteiger partial charge in [-0.05, 0) is 47.4 Å². The van der Waals surface area contributed by atoms with Crippen molar-refractivity contribution >= 4 is 26.0 Å². The Bertz CT molecular complexity index is 484. The number of hydrogen-bond acceptors (Lipinski definition) is 3. The lowest BCUT2D eigenvalue weighted by Crippen LogP contribution is -2.45. The van der Waals surface area contributed by atoms with Gasteiger partial charge in [0.2, 0.25) is 10.0 Å². The molecule has 1 aromatic carbocycles. The molecule has 6 heteroatoms. The van der Waals surface area contributed by atoms with E-state index in [2.05, 4.69) is 26.0 Å². The quantitative estimate of drug-likeness (QED) is 0.887. The molecule has 0 aromatic heterocycles. The maximum atomic E-state index is 12.2. The highest BCUT2D eigenvalue weighted by atomic mass is 79.9. The van der Waals surface area contributed by atoms with Gasteiger partial charge in [0, 0.05) is 17.1 Å². The van der Waals surface area contributed by atoms with Crippen molar-refractivity contribution in [2.24, 2.45) is 0 Å². The Morgan fingerprint density at radius 2 is 2.12 bits per heavy atom. The van der Waals surface area contributed by atoms with Gasteiger partial charge < -0.3 is 5.32 Å². The fraction of sp³-hybridized carbons (Fsp3) is 0.455. The van der Waals surface area contributed by atoms with Crippen LogP contribution in [0.2, 0.25) is 0 Å². The normalized spacial score (nSPS) is 21.4. The molecule has 2 rings (SSSR count). The third-order valence-corrected chi connectivity index (χ3v) is 5.28. The topological polar surface area (TPSA) is 58.2 Å². The minimum atomic E-state index is -3.43. The van der Waals surface area contributed by atoms with Crippen LogP contribution >= 0.6 is 15.9 Å². The molecule has 4 nitrogen and oxygen atoms in total. The van der Waals surface area contributed by atoms with Crippen molar-refractivity contribution in [1.82, 2.24) is 10.0 Å². The average molecular weight is 319 g/mol. The highest BCUT2D eigenvalue weighted by Crippen LogP contribution is 2.21. The number of halogens is 1. The van der Waals surface area contributed by atoms with Crippen LogP contribution in [0.3, 0.4) is 0 Å². The van der Waals surface area contributed by atoms with Crippen LogP contribution in [0.1, 0.15) is 12.8 Å². The van der Waals surface area contributed by atoms with E-state index in [0.717, 1.165) is 19.4 Å². The first-order chi connectivity index (χ1) is 8.09. The summed E-state index contributed by atoms with van der Waals surface area (Å²) in [5.74, 6) is 0. The summed E-state index contributed by atoms with van der Waals surface area (Å²) in [7, 11) is -3.43. The molecule has 1 fully saturated rings. The summed E-state index contributed by atoms with van der Waals surface area (Å²) in [6, 6.07) is 6.83. The first kappa shape index (κ1) is 13.0. The number of hydrogen-bond donors (Lipinski definition) is 2. The summed E-state index contributed by atoms with van der Waals surface area (Å²) in [6.45, 7) is 1.66. The SMILES string of the molecule is O=S(=O)(NC1CCCNC1)c1ccccc1Br. The van der Waals surface area contributed by atoms with Crippen LogP contribution < -0.4 is 10.0 Å². The first-order valence-corrected chi connectivity index (χ1v) is 7.85. The van der Waals surface area contributed by atoms with Gasteiger partial charge in [-0.2, -0.15) is 0 Å². The molecular weight excluding hydrogens is 304 g/mol. The van der Waals surface area contributed by atoms with Gasteiger partial charge in [-0.25, -0.2) is 13.1 Å². The summed E-state index contributed by atoms with van der Waals surface area (Å²) in [5.41, 5.74) is 0. The second-order valence-electron chi connectivity index (χ2n) is 4.09. The van der Waals surface area contributed by atoms with E-state index >= 15 is 0 Å². The lowest BCUT2D eigenvalue weighted by Gasteiger charge is -2.23. The summed E-state index contributed by atoms with van der Waals surface area (Å²) in [4.78, 5) is 0.297. The Kier molecular flexibility index (Phi) is 4.19. The second kappa shape index (κ2) is 5.48. The summed E-state index contributed by atoms with van der Waals surface area (Å²) in [5, 5.41) is 3.18. The van der Waals surface area contributed by atoms with Crippen LogP contribution in [0.15, 0.2) is 33.6 Å². The Hall–Kier alpha value is -0.430. The molecule has 1 aromatic rings. The molecule has 1 aliphatic rings. The zero-order valence-corrected chi connectivity index (χ0v) is 11.7. The van der Waals surface area contributed by atoms with E-state index in [1.807, 2.05) is 0 Å². The Morgan fingerprint density at radius 3 is 2.76 bits per heavy atom. The largest absolute Gasteiger partial charge is 0.315 e. The van der Waals surface area contributed by atoms with Crippen LogP contribution in [0.25, 0.3) is 0 Å². The molecule has 0 radical (unpaired) electrons. The summed E-state index contributed by atoms with van der Waals surface area (Å²) >= 11 is 3.26. The van der Waals surface area contributed by atoms with Crippen LogP contribution in [0.5, 0.6) is 0 Å². The second-order valence-corrected chi connectivity index (χ2v) is 6.63. The van der Waals surface area contributed by atoms with Crippen molar-refractivity contribution in [1.29, 1.82) is 0 Å². The molecule has 0 amide bonds. The lowest BCUT2D eigenvalue weighted by molar-refractivity contribution is 0.428. The summed E-state index contributed by atoms with van der Waals surface area (Å²) < 4.78 is 27.6. The predicted octanol–water partition coefficient (Wildman–Crippen LogP) is 1.48. The standard InChI is InChI=1S/C11H15BrN2O2S/c12-10-5-1-2-6-11(10)17(15,16)14-9-4-3-7-13-8-9/h1-2,5-6,9,13-14H,3-4,7-8H2. The lowest BCUT2D eigenvalue weighted by atomic mass is 10.1. The van der Waals surface area contributed by atoms with Gasteiger partial charge in [-0.3, -0.25) is 0 Å². The molecule has 1 unspecified atom stereocenters. The minimum absolute atomic E-state index is 0.0131. The fourth-order valence-electron chi connectivity index (χ4n) is 1.90. The maximum Gasteiger partial charge on any atom is 0.241 e. The molecule has 0 aliphatic carbocycles. The smallest absolute Gasteiger partial charge is 0.241 e. The number of benzene rings is 1. The van der Waals surface area contributed by atoms with Crippen molar-refractivity contribution in [3.8, 4) is 0 Å². The number of piperidine rings is 1. The maximum absolute atomic E-state index is 12.2. The number of sulfonamides is 1. The van der Waals surface area contributed by atoms with Gasteiger partial charge in [-0.15, -0.1) is 0 Å². The van der Waals surface area contributed by atoms with Crippen molar-refractivity contribution in [2.75, 3.05) is 13.1 Å².